The number of phosphoric acid groups is 2. The third kappa shape index (κ3) is 77.1. The number of unbranched alkanes of at least 4 members (excludes halogenated alkanes) is 26. The Hall–Kier alpha value is -5.06. The number of phosphoric ester groups is 2. The van der Waals surface area contributed by atoms with E-state index in [4.69, 9.17) is 37.0 Å². The highest BCUT2D eigenvalue weighted by Crippen LogP contribution is 2.45. The maximum Gasteiger partial charge on any atom is 0.472 e. The highest BCUT2D eigenvalue weighted by atomic mass is 31.2. The Morgan fingerprint density at radius 1 is 0.264 bits per heavy atom. The van der Waals surface area contributed by atoms with Gasteiger partial charge in [-0.2, -0.15) is 0 Å². The number of hydrogen-bond donors (Lipinski definition) is 3. The van der Waals surface area contributed by atoms with Gasteiger partial charge in [0.1, 0.15) is 19.3 Å². The number of carbonyl (C=O) groups excluding carboxylic acids is 4. The van der Waals surface area contributed by atoms with Gasteiger partial charge in [-0.15, -0.1) is 0 Å². The zero-order chi connectivity index (χ0) is 77.4. The minimum absolute atomic E-state index is 0.0182. The molecular formula is C87H146O17P2. The molecule has 0 aromatic rings. The van der Waals surface area contributed by atoms with Gasteiger partial charge in [0.2, 0.25) is 0 Å². The van der Waals surface area contributed by atoms with Crippen LogP contribution >= 0.6 is 15.6 Å². The first-order chi connectivity index (χ1) is 51.7. The molecule has 19 heteroatoms. The number of hydrogen-bond acceptors (Lipinski definition) is 15. The summed E-state index contributed by atoms with van der Waals surface area (Å²) >= 11 is 0. The number of ether oxygens (including phenoxy) is 4. The monoisotopic (exact) mass is 1530 g/mol. The van der Waals surface area contributed by atoms with Crippen molar-refractivity contribution < 1.29 is 80.2 Å². The Labute approximate surface area is 643 Å². The smallest absolute Gasteiger partial charge is 0.462 e. The number of allylic oxidation sites excluding steroid dienone is 24. The van der Waals surface area contributed by atoms with Gasteiger partial charge in [-0.1, -0.05) is 289 Å². The first-order valence-corrected chi connectivity index (χ1v) is 44.1. The van der Waals surface area contributed by atoms with Crippen LogP contribution in [0.4, 0.5) is 0 Å². The van der Waals surface area contributed by atoms with E-state index < -0.39 is 97.5 Å². The van der Waals surface area contributed by atoms with Gasteiger partial charge < -0.3 is 33.8 Å². The third-order valence-electron chi connectivity index (χ3n) is 16.8. The summed E-state index contributed by atoms with van der Waals surface area (Å²) in [5.41, 5.74) is 0. The Morgan fingerprint density at radius 3 is 0.821 bits per heavy atom. The van der Waals surface area contributed by atoms with Crippen molar-refractivity contribution in [1.29, 1.82) is 0 Å². The molecule has 606 valence electrons. The number of aliphatic hydroxyl groups excluding tert-OH is 1. The molecule has 0 saturated carbocycles. The molecule has 17 nitrogen and oxygen atoms in total. The molecule has 0 saturated heterocycles. The zero-order valence-electron chi connectivity index (χ0n) is 66.3. The summed E-state index contributed by atoms with van der Waals surface area (Å²) in [4.78, 5) is 73.0. The van der Waals surface area contributed by atoms with Crippen molar-refractivity contribution in [2.75, 3.05) is 39.6 Å². The van der Waals surface area contributed by atoms with Crippen LogP contribution in [0.15, 0.2) is 146 Å². The lowest BCUT2D eigenvalue weighted by atomic mass is 10.1. The fourth-order valence-corrected chi connectivity index (χ4v) is 12.0. The van der Waals surface area contributed by atoms with Crippen LogP contribution in [0.25, 0.3) is 0 Å². The van der Waals surface area contributed by atoms with Crippen molar-refractivity contribution in [1.82, 2.24) is 0 Å². The minimum atomic E-state index is -5.02. The summed E-state index contributed by atoms with van der Waals surface area (Å²) in [6.45, 7) is 4.62. The lowest BCUT2D eigenvalue weighted by molar-refractivity contribution is -0.161. The van der Waals surface area contributed by atoms with E-state index in [0.717, 1.165) is 128 Å². The Balaban J connectivity index is 5.51. The van der Waals surface area contributed by atoms with E-state index in [2.05, 4.69) is 137 Å². The van der Waals surface area contributed by atoms with Crippen LogP contribution in [0.3, 0.4) is 0 Å². The molecule has 0 radical (unpaired) electrons. The lowest BCUT2D eigenvalue weighted by Crippen LogP contribution is -2.30. The highest BCUT2D eigenvalue weighted by molar-refractivity contribution is 7.47. The average Bonchev–Trinajstić information content (AvgIpc) is 0.903. The third-order valence-corrected chi connectivity index (χ3v) is 18.7. The lowest BCUT2D eigenvalue weighted by Gasteiger charge is -2.21. The van der Waals surface area contributed by atoms with Crippen molar-refractivity contribution in [3.63, 3.8) is 0 Å². The van der Waals surface area contributed by atoms with E-state index in [0.29, 0.717) is 38.5 Å². The molecule has 0 amide bonds. The van der Waals surface area contributed by atoms with Crippen LogP contribution in [0.1, 0.15) is 323 Å². The van der Waals surface area contributed by atoms with E-state index >= 15 is 0 Å². The first-order valence-electron chi connectivity index (χ1n) is 41.1. The highest BCUT2D eigenvalue weighted by Gasteiger charge is 2.30. The molecule has 0 bridgehead atoms. The van der Waals surface area contributed by atoms with Crippen LogP contribution in [0.5, 0.6) is 0 Å². The number of carbonyl (C=O) groups is 4. The molecule has 0 fully saturated rings. The second-order valence-corrected chi connectivity index (χ2v) is 29.9. The molecule has 0 aliphatic heterocycles. The topological polar surface area (TPSA) is 237 Å². The molecular weight excluding hydrogens is 1380 g/mol. The van der Waals surface area contributed by atoms with Crippen LogP contribution < -0.4 is 0 Å². The molecule has 0 aromatic carbocycles. The summed E-state index contributed by atoms with van der Waals surface area (Å²) in [5, 5.41) is 10.6. The molecule has 0 heterocycles. The van der Waals surface area contributed by atoms with Crippen LogP contribution in [0.2, 0.25) is 0 Å². The summed E-state index contributed by atoms with van der Waals surface area (Å²) in [5.74, 6) is -2.39. The largest absolute Gasteiger partial charge is 0.472 e. The van der Waals surface area contributed by atoms with Gasteiger partial charge in [-0.25, -0.2) is 9.13 Å². The van der Waals surface area contributed by atoms with E-state index in [9.17, 15) is 43.2 Å². The Morgan fingerprint density at radius 2 is 0.481 bits per heavy atom. The summed E-state index contributed by atoms with van der Waals surface area (Å²) in [6.07, 6.45) is 90.0. The van der Waals surface area contributed by atoms with Gasteiger partial charge in [0.15, 0.2) is 12.2 Å². The maximum atomic E-state index is 13.1. The van der Waals surface area contributed by atoms with Crippen LogP contribution in [-0.4, -0.2) is 96.7 Å². The van der Waals surface area contributed by atoms with Gasteiger partial charge in [0, 0.05) is 25.7 Å². The predicted octanol–water partition coefficient (Wildman–Crippen LogP) is 24.2. The molecule has 0 rings (SSSR count). The van der Waals surface area contributed by atoms with E-state index in [-0.39, 0.29) is 25.7 Å². The molecule has 5 atom stereocenters. The fourth-order valence-electron chi connectivity index (χ4n) is 10.5. The number of rotatable bonds is 76. The van der Waals surface area contributed by atoms with Crippen molar-refractivity contribution >= 4 is 39.5 Å². The van der Waals surface area contributed by atoms with Gasteiger partial charge in [-0.3, -0.25) is 37.3 Å². The van der Waals surface area contributed by atoms with Crippen molar-refractivity contribution in [3.8, 4) is 0 Å². The summed E-state index contributed by atoms with van der Waals surface area (Å²) < 4.78 is 68.5. The summed E-state index contributed by atoms with van der Waals surface area (Å²) in [7, 11) is -10.0. The van der Waals surface area contributed by atoms with Crippen molar-refractivity contribution in [2.24, 2.45) is 0 Å². The van der Waals surface area contributed by atoms with Gasteiger partial charge in [-0.05, 0) is 154 Å². The standard InChI is InChI=1S/C87H146O17P2/c1-5-9-13-17-21-25-29-33-36-38-40-42-45-49-52-56-60-64-68-72-85(90)98-78-83(104-87(92)74-70-66-62-58-54-50-46-43-41-39-37-34-30-26-22-18-14-10-6-2)80-102-106(95,96)100-76-81(88)75-99-105(93,94)101-79-82(103-86(91)73-69-65-61-57-53-47-32-28-24-20-16-12-8-4)77-97-84(89)71-67-63-59-55-51-48-44-35-31-27-23-19-15-11-7-3/h21-22,25-26,28,32-37,40-44,49-50,52,54,60,62,64,66,81-83,88H,5-20,23-24,27,29-31,38-39,45-48,51,53,55-59,61,63,65,67-80H2,1-4H3,(H,93,94)(H,95,96)/b25-21-,26-22-,32-28-,36-33-,37-34-,42-40-,43-41-,44-35-,52-49-,54-50-,64-60-,66-62-/t81-,82+,83+/m0/s1. The fraction of sp³-hybridized carbons (Fsp3) is 0.678. The summed E-state index contributed by atoms with van der Waals surface area (Å²) in [6, 6.07) is 0. The molecule has 106 heavy (non-hydrogen) atoms. The van der Waals surface area contributed by atoms with Crippen LogP contribution in [0, 0.1) is 0 Å². The van der Waals surface area contributed by atoms with Gasteiger partial charge in [0.05, 0.1) is 26.4 Å². The number of esters is 4. The predicted molar refractivity (Wildman–Crippen MR) is 436 cm³/mol. The molecule has 0 aliphatic carbocycles. The van der Waals surface area contributed by atoms with Crippen LogP contribution in [-0.2, 0) is 65.4 Å². The van der Waals surface area contributed by atoms with E-state index in [1.165, 1.54) is 103 Å². The second-order valence-electron chi connectivity index (χ2n) is 27.0. The van der Waals surface area contributed by atoms with Gasteiger partial charge >= 0.3 is 39.5 Å². The minimum Gasteiger partial charge on any atom is -0.462 e. The normalized spacial score (nSPS) is 14.6. The molecule has 3 N–H and O–H groups in total. The second kappa shape index (κ2) is 78.1. The van der Waals surface area contributed by atoms with E-state index in [1.807, 2.05) is 36.5 Å². The van der Waals surface area contributed by atoms with Crippen molar-refractivity contribution in [3.05, 3.63) is 146 Å². The van der Waals surface area contributed by atoms with Gasteiger partial charge in [0.25, 0.3) is 0 Å². The quantitative estimate of drug-likeness (QED) is 0.0169. The Bertz CT molecular complexity index is 2580. The molecule has 2 unspecified atom stereocenters. The molecule has 0 spiro atoms. The molecule has 0 aliphatic rings. The first kappa shape index (κ1) is 101. The molecule has 0 aromatic heterocycles. The zero-order valence-corrected chi connectivity index (χ0v) is 68.1. The SMILES string of the molecule is CCCCC/C=C\C/C=C\C/C=C\C/C=C\C/C=C\CCC(=O)OC[C@H](COP(=O)(O)OC[C@@H](O)COP(=O)(O)OC[C@@H](COC(=O)CCCCCCC/C=C\CCCCCCCC)OC(=O)CCCCCCC/C=C\CCCCCC)OC(=O)CC/C=C\C/C=C\C/C=C\C/C=C\C/C=C\CCCCC. The van der Waals surface area contributed by atoms with E-state index in [1.54, 1.807) is 0 Å². The Kier molecular flexibility index (Phi) is 74.3. The average molecular weight is 1530 g/mol. The van der Waals surface area contributed by atoms with Crippen molar-refractivity contribution in [2.45, 2.75) is 341 Å². The number of aliphatic hydroxyl groups is 1. The maximum absolute atomic E-state index is 13.1.